The quantitative estimate of drug-likeness (QED) is 0.0320. The molecule has 0 bridgehead atoms. The van der Waals surface area contributed by atoms with Gasteiger partial charge in [0.2, 0.25) is 5.91 Å². The Kier molecular flexibility index (Phi) is 62.9. The van der Waals surface area contributed by atoms with E-state index in [-0.39, 0.29) is 18.5 Å². The molecular weight excluding hydrogens is 911 g/mol. The molecule has 2 atom stereocenters. The number of unbranched alkanes of at least 4 members (excludes halogenated alkanes) is 51. The van der Waals surface area contributed by atoms with Crippen molar-refractivity contribution in [3.8, 4) is 0 Å². The molecule has 0 aromatic carbocycles. The lowest BCUT2D eigenvalue weighted by Gasteiger charge is -2.22. The highest BCUT2D eigenvalue weighted by molar-refractivity contribution is 5.76. The molecule has 0 radical (unpaired) electrons. The van der Waals surface area contributed by atoms with Crippen molar-refractivity contribution in [2.45, 2.75) is 398 Å². The minimum Gasteiger partial charge on any atom is -0.466 e. The van der Waals surface area contributed by atoms with Crippen LogP contribution in [-0.2, 0) is 14.3 Å². The van der Waals surface area contributed by atoms with Crippen molar-refractivity contribution >= 4 is 11.9 Å². The van der Waals surface area contributed by atoms with E-state index >= 15 is 0 Å². The maximum Gasteiger partial charge on any atom is 0.305 e. The zero-order valence-electron chi connectivity index (χ0n) is 50.4. The van der Waals surface area contributed by atoms with Gasteiger partial charge in [0.15, 0.2) is 0 Å². The van der Waals surface area contributed by atoms with Crippen LogP contribution in [0, 0.1) is 0 Å². The molecule has 74 heavy (non-hydrogen) atoms. The summed E-state index contributed by atoms with van der Waals surface area (Å²) in [5.74, 6) is -0.0142. The molecule has 6 heteroatoms. The second-order valence-corrected chi connectivity index (χ2v) is 23.5. The van der Waals surface area contributed by atoms with Gasteiger partial charge in [-0.25, -0.2) is 0 Å². The maximum absolute atomic E-state index is 12.5. The van der Waals surface area contributed by atoms with E-state index in [1.807, 2.05) is 0 Å². The third kappa shape index (κ3) is 59.8. The Morgan fingerprint density at radius 1 is 0.365 bits per heavy atom. The van der Waals surface area contributed by atoms with Gasteiger partial charge in [0, 0.05) is 12.8 Å². The Bertz CT molecular complexity index is 1110. The van der Waals surface area contributed by atoms with E-state index in [2.05, 4.69) is 31.3 Å². The van der Waals surface area contributed by atoms with Crippen molar-refractivity contribution in [3.05, 3.63) is 12.2 Å². The normalized spacial score (nSPS) is 12.5. The summed E-state index contributed by atoms with van der Waals surface area (Å²) in [4.78, 5) is 24.6. The second kappa shape index (κ2) is 64.1. The number of carbonyl (C=O) groups is 2. The van der Waals surface area contributed by atoms with Crippen molar-refractivity contribution in [1.29, 1.82) is 0 Å². The van der Waals surface area contributed by atoms with E-state index in [1.54, 1.807) is 0 Å². The fourth-order valence-corrected chi connectivity index (χ4v) is 10.9. The van der Waals surface area contributed by atoms with E-state index in [4.69, 9.17) is 4.74 Å². The Balaban J connectivity index is 3.33. The van der Waals surface area contributed by atoms with Gasteiger partial charge in [0.25, 0.3) is 0 Å². The van der Waals surface area contributed by atoms with E-state index in [0.717, 1.165) is 38.5 Å². The summed E-state index contributed by atoms with van der Waals surface area (Å²) >= 11 is 0. The molecule has 0 fully saturated rings. The molecule has 0 aliphatic rings. The summed E-state index contributed by atoms with van der Waals surface area (Å²) in [6.07, 6.45) is 78.3. The average Bonchev–Trinajstić information content (AvgIpc) is 3.40. The summed E-state index contributed by atoms with van der Waals surface area (Å²) in [7, 11) is 0. The van der Waals surface area contributed by atoms with Gasteiger partial charge in [0.1, 0.15) is 0 Å². The first-order valence-corrected chi connectivity index (χ1v) is 33.9. The number of aliphatic hydroxyl groups excluding tert-OH is 2. The van der Waals surface area contributed by atoms with Crippen LogP contribution in [0.4, 0.5) is 0 Å². The zero-order valence-corrected chi connectivity index (χ0v) is 50.4. The van der Waals surface area contributed by atoms with Crippen LogP contribution in [0.15, 0.2) is 12.2 Å². The number of esters is 1. The van der Waals surface area contributed by atoms with Gasteiger partial charge in [-0.2, -0.15) is 0 Å². The third-order valence-electron chi connectivity index (χ3n) is 16.1. The van der Waals surface area contributed by atoms with Gasteiger partial charge < -0.3 is 20.3 Å². The lowest BCUT2D eigenvalue weighted by atomic mass is 10.0. The number of ether oxygens (including phenoxy) is 1. The van der Waals surface area contributed by atoms with E-state index < -0.39 is 12.1 Å². The molecule has 2 unspecified atom stereocenters. The Hall–Kier alpha value is -1.40. The number of aliphatic hydroxyl groups is 2. The Morgan fingerprint density at radius 3 is 0.959 bits per heavy atom. The van der Waals surface area contributed by atoms with Gasteiger partial charge in [0.05, 0.1) is 25.4 Å². The predicted molar refractivity (Wildman–Crippen MR) is 324 cm³/mol. The summed E-state index contributed by atoms with van der Waals surface area (Å²) < 4.78 is 5.51. The van der Waals surface area contributed by atoms with Crippen LogP contribution < -0.4 is 5.32 Å². The second-order valence-electron chi connectivity index (χ2n) is 23.5. The highest BCUT2D eigenvalue weighted by atomic mass is 16.5. The molecule has 0 spiro atoms. The standard InChI is InChI=1S/C68H133NO5/c1-3-5-7-9-11-13-15-16-17-18-28-32-35-38-42-46-50-54-58-62-68(73)74-63-59-55-51-47-43-39-36-33-30-27-25-23-21-19-20-22-24-26-29-31-34-37-41-45-49-53-57-61-67(72)69-65(64-70)66(71)60-56-52-48-44-40-14-12-10-8-6-4-2/h19-20,65-66,70-71H,3-18,21-64H2,1-2H3,(H,69,72)/b20-19-. The fourth-order valence-electron chi connectivity index (χ4n) is 10.9. The topological polar surface area (TPSA) is 95.9 Å². The van der Waals surface area contributed by atoms with Gasteiger partial charge in [-0.05, 0) is 51.4 Å². The highest BCUT2D eigenvalue weighted by Gasteiger charge is 2.20. The van der Waals surface area contributed by atoms with E-state index in [1.165, 1.54) is 315 Å². The van der Waals surface area contributed by atoms with Crippen LogP contribution in [0.5, 0.6) is 0 Å². The molecule has 440 valence electrons. The smallest absolute Gasteiger partial charge is 0.305 e. The molecular formula is C68H133NO5. The monoisotopic (exact) mass is 1040 g/mol. The lowest BCUT2D eigenvalue weighted by molar-refractivity contribution is -0.143. The molecule has 0 aliphatic carbocycles. The molecule has 3 N–H and O–H groups in total. The zero-order chi connectivity index (χ0) is 53.6. The summed E-state index contributed by atoms with van der Waals surface area (Å²) in [5, 5.41) is 23.2. The largest absolute Gasteiger partial charge is 0.466 e. The number of hydrogen-bond acceptors (Lipinski definition) is 5. The summed E-state index contributed by atoms with van der Waals surface area (Å²) in [5.41, 5.74) is 0. The van der Waals surface area contributed by atoms with E-state index in [9.17, 15) is 19.8 Å². The minimum absolute atomic E-state index is 0.0207. The van der Waals surface area contributed by atoms with Crippen molar-refractivity contribution in [2.24, 2.45) is 0 Å². The molecule has 0 saturated heterocycles. The first-order chi connectivity index (χ1) is 36.5. The molecule has 0 rings (SSSR count). The van der Waals surface area contributed by atoms with E-state index in [0.29, 0.717) is 25.9 Å². The number of hydrogen-bond donors (Lipinski definition) is 3. The molecule has 0 heterocycles. The molecule has 0 aliphatic heterocycles. The van der Waals surface area contributed by atoms with Crippen molar-refractivity contribution in [1.82, 2.24) is 5.32 Å². The molecule has 0 aromatic rings. The van der Waals surface area contributed by atoms with Gasteiger partial charge in [-0.3, -0.25) is 9.59 Å². The first-order valence-electron chi connectivity index (χ1n) is 33.9. The molecule has 0 aromatic heterocycles. The average molecular weight is 1040 g/mol. The first kappa shape index (κ1) is 72.6. The van der Waals surface area contributed by atoms with Crippen LogP contribution in [-0.4, -0.2) is 47.4 Å². The van der Waals surface area contributed by atoms with Gasteiger partial charge in [-0.15, -0.1) is 0 Å². The van der Waals surface area contributed by atoms with Crippen molar-refractivity contribution in [3.63, 3.8) is 0 Å². The molecule has 0 saturated carbocycles. The molecule has 6 nitrogen and oxygen atoms in total. The van der Waals surface area contributed by atoms with Crippen molar-refractivity contribution in [2.75, 3.05) is 13.2 Å². The number of allylic oxidation sites excluding steroid dienone is 2. The van der Waals surface area contributed by atoms with Crippen LogP contribution in [0.2, 0.25) is 0 Å². The van der Waals surface area contributed by atoms with Crippen LogP contribution in [0.25, 0.3) is 0 Å². The third-order valence-corrected chi connectivity index (χ3v) is 16.1. The van der Waals surface area contributed by atoms with Crippen LogP contribution >= 0.6 is 0 Å². The maximum atomic E-state index is 12.5. The van der Waals surface area contributed by atoms with Crippen LogP contribution in [0.3, 0.4) is 0 Å². The van der Waals surface area contributed by atoms with Gasteiger partial charge in [-0.1, -0.05) is 334 Å². The number of nitrogens with one attached hydrogen (secondary N) is 1. The van der Waals surface area contributed by atoms with Crippen molar-refractivity contribution < 1.29 is 24.5 Å². The highest BCUT2D eigenvalue weighted by Crippen LogP contribution is 2.19. The van der Waals surface area contributed by atoms with Gasteiger partial charge >= 0.3 is 5.97 Å². The number of rotatable bonds is 64. The Labute approximate surface area is 463 Å². The number of amides is 1. The summed E-state index contributed by atoms with van der Waals surface area (Å²) in [6, 6.07) is -0.540. The SMILES string of the molecule is CCCCCCCCCCCCCCCCCCCCCC(=O)OCCCCCCCCCCCCCC/C=C\CCCCCCCCCCCCCC(=O)NC(CO)C(O)CCCCCCCCCCCCC. The Morgan fingerprint density at radius 2 is 0.635 bits per heavy atom. The molecule has 1 amide bonds. The fraction of sp³-hybridized carbons (Fsp3) is 0.941. The predicted octanol–water partition coefficient (Wildman–Crippen LogP) is 21.6. The lowest BCUT2D eigenvalue weighted by Crippen LogP contribution is -2.45. The minimum atomic E-state index is -0.662. The summed E-state index contributed by atoms with van der Waals surface area (Å²) in [6.45, 7) is 4.98. The number of carbonyl (C=O) groups excluding carboxylic acids is 2. The van der Waals surface area contributed by atoms with Crippen LogP contribution in [0.1, 0.15) is 386 Å².